The Labute approximate surface area is 188 Å². The van der Waals surface area contributed by atoms with Crippen molar-refractivity contribution in [3.05, 3.63) is 96.1 Å². The summed E-state index contributed by atoms with van der Waals surface area (Å²) in [6.45, 7) is -2.77. The van der Waals surface area contributed by atoms with Crippen LogP contribution in [-0.4, -0.2) is 29.4 Å². The van der Waals surface area contributed by atoms with Gasteiger partial charge < -0.3 is 4.74 Å². The van der Waals surface area contributed by atoms with Crippen LogP contribution in [-0.2, 0) is 21.0 Å². The molecule has 2 saturated heterocycles. The van der Waals surface area contributed by atoms with Gasteiger partial charge in [-0.15, -0.1) is 0 Å². The smallest absolute Gasteiger partial charge is 0.387 e. The maximum absolute atomic E-state index is 13.4. The SMILES string of the molecule is O=C1[C@@H]2[C@H](ON(c3ccccc3)[C@@H]2c2ccc(OC(F)F)cc2)C(=O)N1Cc1ccccc1. The molecule has 0 aliphatic carbocycles. The Morgan fingerprint density at radius 1 is 0.848 bits per heavy atom. The van der Waals surface area contributed by atoms with E-state index in [1.165, 1.54) is 17.0 Å². The number of alkyl halides is 2. The number of carbonyl (C=O) groups is 2. The molecule has 0 aromatic heterocycles. The van der Waals surface area contributed by atoms with Crippen LogP contribution in [0.25, 0.3) is 0 Å². The van der Waals surface area contributed by atoms with Gasteiger partial charge >= 0.3 is 6.61 Å². The number of fused-ring (bicyclic) bond motifs is 1. The van der Waals surface area contributed by atoms with Crippen LogP contribution in [0.3, 0.4) is 0 Å². The van der Waals surface area contributed by atoms with Crippen LogP contribution in [0, 0.1) is 5.92 Å². The zero-order valence-electron chi connectivity index (χ0n) is 17.4. The number of nitrogens with zero attached hydrogens (tertiary/aromatic N) is 2. The number of ether oxygens (including phenoxy) is 1. The van der Waals surface area contributed by atoms with Gasteiger partial charge in [0.2, 0.25) is 5.91 Å². The summed E-state index contributed by atoms with van der Waals surface area (Å²) in [6.07, 6.45) is -0.969. The van der Waals surface area contributed by atoms with Crippen LogP contribution >= 0.6 is 0 Å². The Hall–Kier alpha value is -3.78. The van der Waals surface area contributed by atoms with E-state index < -0.39 is 30.6 Å². The second kappa shape index (κ2) is 8.63. The van der Waals surface area contributed by atoms with E-state index in [9.17, 15) is 18.4 Å². The highest BCUT2D eigenvalue weighted by Crippen LogP contribution is 2.47. The van der Waals surface area contributed by atoms with Gasteiger partial charge in [0, 0.05) is 0 Å². The Kier molecular flexibility index (Phi) is 5.51. The number of para-hydroxylation sites is 1. The standard InChI is InChI=1S/C25H20F2N2O4/c26-25(27)32-19-13-11-17(12-14-19)21-20-22(33-29(21)18-9-5-2-6-10-18)24(31)28(23(20)30)15-16-7-3-1-4-8-16/h1-14,20-22,25H,15H2/t20-,21+,22-/m0/s1. The molecule has 2 aliphatic heterocycles. The third-order valence-corrected chi connectivity index (χ3v) is 5.85. The van der Waals surface area contributed by atoms with Gasteiger partial charge in [0.1, 0.15) is 11.7 Å². The van der Waals surface area contributed by atoms with Crippen molar-refractivity contribution >= 4 is 17.5 Å². The molecule has 6 nitrogen and oxygen atoms in total. The zero-order chi connectivity index (χ0) is 22.9. The monoisotopic (exact) mass is 450 g/mol. The predicted molar refractivity (Wildman–Crippen MR) is 115 cm³/mol. The van der Waals surface area contributed by atoms with Crippen molar-refractivity contribution in [3.63, 3.8) is 0 Å². The Balaban J connectivity index is 1.49. The van der Waals surface area contributed by atoms with Crippen molar-refractivity contribution in [2.45, 2.75) is 25.3 Å². The number of anilines is 1. The summed E-state index contributed by atoms with van der Waals surface area (Å²) in [5, 5.41) is 1.56. The van der Waals surface area contributed by atoms with Crippen LogP contribution in [0.15, 0.2) is 84.9 Å². The van der Waals surface area contributed by atoms with E-state index in [-0.39, 0.29) is 18.2 Å². The summed E-state index contributed by atoms with van der Waals surface area (Å²) < 4.78 is 29.6. The number of carbonyl (C=O) groups excluding carboxylic acids is 2. The normalized spacial score (nSPS) is 22.2. The fourth-order valence-electron chi connectivity index (χ4n) is 4.38. The fourth-order valence-corrected chi connectivity index (χ4v) is 4.38. The molecule has 0 radical (unpaired) electrons. The summed E-state index contributed by atoms with van der Waals surface area (Å²) in [6, 6.07) is 23.9. The third kappa shape index (κ3) is 3.93. The minimum Gasteiger partial charge on any atom is -0.435 e. The molecule has 5 rings (SSSR count). The van der Waals surface area contributed by atoms with E-state index >= 15 is 0 Å². The van der Waals surface area contributed by atoms with Crippen LogP contribution in [0.2, 0.25) is 0 Å². The summed E-state index contributed by atoms with van der Waals surface area (Å²) in [7, 11) is 0. The molecule has 2 heterocycles. The first-order valence-electron chi connectivity index (χ1n) is 10.5. The van der Waals surface area contributed by atoms with Crippen molar-refractivity contribution < 1.29 is 27.9 Å². The highest BCUT2D eigenvalue weighted by molar-refractivity contribution is 6.07. The van der Waals surface area contributed by atoms with Gasteiger partial charge in [-0.1, -0.05) is 60.7 Å². The number of rotatable bonds is 6. The second-order valence-corrected chi connectivity index (χ2v) is 7.85. The first-order valence-corrected chi connectivity index (χ1v) is 10.5. The minimum absolute atomic E-state index is 0.00926. The predicted octanol–water partition coefficient (Wildman–Crippen LogP) is 4.33. The topological polar surface area (TPSA) is 59.1 Å². The first kappa shape index (κ1) is 21.1. The number of benzene rings is 3. The lowest BCUT2D eigenvalue weighted by Crippen LogP contribution is -2.36. The zero-order valence-corrected chi connectivity index (χ0v) is 17.4. The molecular weight excluding hydrogens is 430 g/mol. The average Bonchev–Trinajstić information content (AvgIpc) is 3.33. The number of halogens is 2. The van der Waals surface area contributed by atoms with E-state index in [1.807, 2.05) is 60.7 Å². The van der Waals surface area contributed by atoms with Gasteiger partial charge in [-0.05, 0) is 35.4 Å². The molecule has 3 atom stereocenters. The van der Waals surface area contributed by atoms with Crippen molar-refractivity contribution in [1.82, 2.24) is 4.90 Å². The summed E-state index contributed by atoms with van der Waals surface area (Å²) in [5.74, 6) is -1.49. The lowest BCUT2D eigenvalue weighted by Gasteiger charge is -2.28. The molecule has 2 fully saturated rings. The maximum atomic E-state index is 13.4. The minimum atomic E-state index is -2.93. The number of imide groups is 1. The number of hydroxylamine groups is 1. The summed E-state index contributed by atoms with van der Waals surface area (Å²) in [5.41, 5.74) is 2.17. The highest BCUT2D eigenvalue weighted by Gasteiger charge is 2.59. The lowest BCUT2D eigenvalue weighted by atomic mass is 9.90. The van der Waals surface area contributed by atoms with Gasteiger partial charge in [0.05, 0.1) is 18.3 Å². The van der Waals surface area contributed by atoms with E-state index in [1.54, 1.807) is 17.2 Å². The highest BCUT2D eigenvalue weighted by atomic mass is 19.3. The Bertz CT molecular complexity index is 1140. The summed E-state index contributed by atoms with van der Waals surface area (Å²) in [4.78, 5) is 33.9. The van der Waals surface area contributed by atoms with Crippen molar-refractivity contribution in [1.29, 1.82) is 0 Å². The van der Waals surface area contributed by atoms with Gasteiger partial charge in [-0.3, -0.25) is 19.3 Å². The van der Waals surface area contributed by atoms with E-state index in [0.717, 1.165) is 5.56 Å². The van der Waals surface area contributed by atoms with Gasteiger partial charge in [0.25, 0.3) is 5.91 Å². The molecule has 0 unspecified atom stereocenters. The molecule has 33 heavy (non-hydrogen) atoms. The van der Waals surface area contributed by atoms with Gasteiger partial charge in [0.15, 0.2) is 6.10 Å². The molecule has 3 aromatic rings. The van der Waals surface area contributed by atoms with Crippen LogP contribution < -0.4 is 9.80 Å². The molecule has 168 valence electrons. The van der Waals surface area contributed by atoms with Crippen LogP contribution in [0.1, 0.15) is 17.2 Å². The Morgan fingerprint density at radius 3 is 2.12 bits per heavy atom. The van der Waals surface area contributed by atoms with Crippen LogP contribution in [0.4, 0.5) is 14.5 Å². The quantitative estimate of drug-likeness (QED) is 0.523. The molecule has 8 heteroatoms. The molecular formula is C25H20F2N2O4. The molecule has 0 spiro atoms. The molecule has 0 saturated carbocycles. The van der Waals surface area contributed by atoms with E-state index in [0.29, 0.717) is 11.3 Å². The van der Waals surface area contributed by atoms with E-state index in [2.05, 4.69) is 4.74 Å². The molecule has 3 aromatic carbocycles. The largest absolute Gasteiger partial charge is 0.435 e. The molecule has 2 aliphatic rings. The van der Waals surface area contributed by atoms with Gasteiger partial charge in [-0.2, -0.15) is 8.78 Å². The number of amides is 2. The maximum Gasteiger partial charge on any atom is 0.387 e. The number of likely N-dealkylation sites (tertiary alicyclic amines) is 1. The first-order chi connectivity index (χ1) is 16.0. The fraction of sp³-hybridized carbons (Fsp3) is 0.200. The summed E-state index contributed by atoms with van der Waals surface area (Å²) >= 11 is 0. The Morgan fingerprint density at radius 2 is 1.48 bits per heavy atom. The number of hydrogen-bond donors (Lipinski definition) is 0. The second-order valence-electron chi connectivity index (χ2n) is 7.85. The van der Waals surface area contributed by atoms with Crippen LogP contribution in [0.5, 0.6) is 5.75 Å². The third-order valence-electron chi connectivity index (χ3n) is 5.85. The van der Waals surface area contributed by atoms with Crippen molar-refractivity contribution in [2.75, 3.05) is 5.06 Å². The van der Waals surface area contributed by atoms with E-state index in [4.69, 9.17) is 4.84 Å². The lowest BCUT2D eigenvalue weighted by molar-refractivity contribution is -0.143. The van der Waals surface area contributed by atoms with Crippen molar-refractivity contribution in [3.8, 4) is 5.75 Å². The van der Waals surface area contributed by atoms with Gasteiger partial charge in [-0.25, -0.2) is 5.06 Å². The molecule has 2 amide bonds. The number of hydrogen-bond acceptors (Lipinski definition) is 5. The molecule has 0 bridgehead atoms. The molecule has 0 N–H and O–H groups in total. The average molecular weight is 450 g/mol. The van der Waals surface area contributed by atoms with Crippen molar-refractivity contribution in [2.24, 2.45) is 5.92 Å².